The lowest BCUT2D eigenvalue weighted by Gasteiger charge is -2.32. The largest absolute Gasteiger partial charge is 0.364 e. The number of pyridine rings is 1. The Kier molecular flexibility index (Phi) is 3.81. The second-order valence-electron chi connectivity index (χ2n) is 4.89. The van der Waals surface area contributed by atoms with Crippen molar-refractivity contribution in [1.82, 2.24) is 9.88 Å². The van der Waals surface area contributed by atoms with Gasteiger partial charge in [0.2, 0.25) is 0 Å². The maximum Gasteiger partial charge on any atom is 0.259 e. The second kappa shape index (κ2) is 5.35. The average Bonchev–Trinajstić information content (AvgIpc) is 2.38. The molecule has 1 aromatic heterocycles. The molecule has 0 saturated carbocycles. The Hall–Kier alpha value is -1.62. The predicted molar refractivity (Wildman–Crippen MR) is 69.5 cm³/mol. The lowest BCUT2D eigenvalue weighted by atomic mass is 9.98. The van der Waals surface area contributed by atoms with Gasteiger partial charge < -0.3 is 15.6 Å². The molecular formula is C13H19N3O2. The molecule has 0 spiro atoms. The first kappa shape index (κ1) is 12.8. The van der Waals surface area contributed by atoms with Crippen molar-refractivity contribution in [2.24, 2.45) is 11.7 Å². The number of nitrogens with zero attached hydrogens (tertiary/aromatic N) is 1. The van der Waals surface area contributed by atoms with E-state index in [-0.39, 0.29) is 16.9 Å². The van der Waals surface area contributed by atoms with E-state index >= 15 is 0 Å². The molecule has 1 aliphatic heterocycles. The van der Waals surface area contributed by atoms with Crippen LogP contribution in [0.3, 0.4) is 0 Å². The summed E-state index contributed by atoms with van der Waals surface area (Å²) >= 11 is 0. The molecule has 0 bridgehead atoms. The van der Waals surface area contributed by atoms with Crippen LogP contribution in [0, 0.1) is 12.8 Å². The number of amides is 1. The molecule has 0 aliphatic carbocycles. The summed E-state index contributed by atoms with van der Waals surface area (Å²) in [5, 5.41) is 0. The molecule has 2 rings (SSSR count). The van der Waals surface area contributed by atoms with Gasteiger partial charge in [-0.2, -0.15) is 0 Å². The number of aromatic nitrogens is 1. The summed E-state index contributed by atoms with van der Waals surface area (Å²) in [6, 6.07) is 1.46. The van der Waals surface area contributed by atoms with Gasteiger partial charge in [0.1, 0.15) is 5.56 Å². The molecule has 5 heteroatoms. The van der Waals surface area contributed by atoms with Crippen LogP contribution in [0.5, 0.6) is 0 Å². The molecular weight excluding hydrogens is 230 g/mol. The monoisotopic (exact) mass is 249 g/mol. The van der Waals surface area contributed by atoms with Gasteiger partial charge in [-0.25, -0.2) is 0 Å². The quantitative estimate of drug-likeness (QED) is 0.800. The van der Waals surface area contributed by atoms with Gasteiger partial charge in [0, 0.05) is 31.0 Å². The number of nitrogens with one attached hydrogen (secondary N) is 1. The minimum atomic E-state index is -0.217. The normalized spacial score (nSPS) is 19.9. The summed E-state index contributed by atoms with van der Waals surface area (Å²) in [5.41, 5.74) is 6.41. The molecule has 5 nitrogen and oxygen atoms in total. The third-order valence-electron chi connectivity index (χ3n) is 3.43. The Bertz CT molecular complexity index is 495. The Morgan fingerprint density at radius 1 is 1.61 bits per heavy atom. The van der Waals surface area contributed by atoms with Crippen LogP contribution in [0.2, 0.25) is 0 Å². The van der Waals surface area contributed by atoms with Crippen LogP contribution < -0.4 is 11.2 Å². The fourth-order valence-corrected chi connectivity index (χ4v) is 2.35. The molecule has 0 aromatic carbocycles. The number of piperidine rings is 1. The summed E-state index contributed by atoms with van der Waals surface area (Å²) in [5.74, 6) is 0.168. The number of rotatable bonds is 2. The number of aromatic amines is 1. The summed E-state index contributed by atoms with van der Waals surface area (Å²) < 4.78 is 0. The molecule has 18 heavy (non-hydrogen) atoms. The number of carbonyl (C=O) groups excluding carboxylic acids is 1. The summed E-state index contributed by atoms with van der Waals surface area (Å²) in [6.45, 7) is 3.75. The van der Waals surface area contributed by atoms with Crippen molar-refractivity contribution in [3.05, 3.63) is 33.7 Å². The zero-order chi connectivity index (χ0) is 13.1. The molecule has 3 N–H and O–H groups in total. The summed E-state index contributed by atoms with van der Waals surface area (Å²) in [6.07, 6.45) is 3.52. The van der Waals surface area contributed by atoms with Crippen molar-refractivity contribution in [2.75, 3.05) is 19.6 Å². The molecule has 1 amide bonds. The van der Waals surface area contributed by atoms with Gasteiger partial charge in [-0.1, -0.05) is 0 Å². The number of H-pyrrole nitrogens is 1. The molecule has 1 unspecified atom stereocenters. The Labute approximate surface area is 106 Å². The highest BCUT2D eigenvalue weighted by atomic mass is 16.2. The van der Waals surface area contributed by atoms with Crippen molar-refractivity contribution in [3.63, 3.8) is 0 Å². The van der Waals surface area contributed by atoms with Crippen LogP contribution in [-0.2, 0) is 0 Å². The molecule has 1 saturated heterocycles. The Balaban J connectivity index is 2.18. The Morgan fingerprint density at radius 2 is 2.39 bits per heavy atom. The zero-order valence-corrected chi connectivity index (χ0v) is 10.6. The fourth-order valence-electron chi connectivity index (χ4n) is 2.35. The van der Waals surface area contributed by atoms with Crippen LogP contribution in [-0.4, -0.2) is 35.4 Å². The summed E-state index contributed by atoms with van der Waals surface area (Å²) in [4.78, 5) is 28.7. The summed E-state index contributed by atoms with van der Waals surface area (Å²) in [7, 11) is 0. The Morgan fingerprint density at radius 3 is 3.06 bits per heavy atom. The van der Waals surface area contributed by atoms with Gasteiger partial charge in [0.05, 0.1) is 0 Å². The van der Waals surface area contributed by atoms with E-state index in [1.54, 1.807) is 11.8 Å². The van der Waals surface area contributed by atoms with Gasteiger partial charge in [-0.3, -0.25) is 9.59 Å². The minimum Gasteiger partial charge on any atom is -0.364 e. The number of nitrogens with two attached hydrogens (primary N) is 1. The molecule has 98 valence electrons. The standard InChI is InChI=1S/C13H19N3O2/c1-9-5-12(17)11(7-15-9)13(18)16-4-2-3-10(6-14)8-16/h5,7,10H,2-4,6,8,14H2,1H3,(H,15,17). The highest BCUT2D eigenvalue weighted by molar-refractivity contribution is 5.93. The van der Waals surface area contributed by atoms with Crippen molar-refractivity contribution in [2.45, 2.75) is 19.8 Å². The molecule has 1 aromatic rings. The third kappa shape index (κ3) is 2.61. The molecule has 0 radical (unpaired) electrons. The van der Waals surface area contributed by atoms with Gasteiger partial charge in [0.15, 0.2) is 5.43 Å². The lowest BCUT2D eigenvalue weighted by molar-refractivity contribution is 0.0676. The second-order valence-corrected chi connectivity index (χ2v) is 4.89. The van der Waals surface area contributed by atoms with Crippen molar-refractivity contribution >= 4 is 5.91 Å². The van der Waals surface area contributed by atoms with E-state index in [4.69, 9.17) is 5.73 Å². The van der Waals surface area contributed by atoms with Crippen molar-refractivity contribution in [3.8, 4) is 0 Å². The van der Waals surface area contributed by atoms with E-state index in [9.17, 15) is 9.59 Å². The number of hydrogen-bond donors (Lipinski definition) is 2. The van der Waals surface area contributed by atoms with E-state index < -0.39 is 0 Å². The maximum absolute atomic E-state index is 12.3. The van der Waals surface area contributed by atoms with E-state index in [2.05, 4.69) is 4.98 Å². The SMILES string of the molecule is Cc1cc(=O)c(C(=O)N2CCCC(CN)C2)c[nH]1. The first-order valence-corrected chi connectivity index (χ1v) is 6.30. The first-order chi connectivity index (χ1) is 8.61. The van der Waals surface area contributed by atoms with Crippen LogP contribution in [0.15, 0.2) is 17.1 Å². The first-order valence-electron chi connectivity index (χ1n) is 6.30. The van der Waals surface area contributed by atoms with E-state index in [1.165, 1.54) is 12.3 Å². The van der Waals surface area contributed by atoms with Crippen LogP contribution in [0.4, 0.5) is 0 Å². The minimum absolute atomic E-state index is 0.186. The maximum atomic E-state index is 12.3. The van der Waals surface area contributed by atoms with E-state index in [0.717, 1.165) is 18.5 Å². The molecule has 1 fully saturated rings. The van der Waals surface area contributed by atoms with Gasteiger partial charge in [-0.15, -0.1) is 0 Å². The van der Waals surface area contributed by atoms with Gasteiger partial charge >= 0.3 is 0 Å². The highest BCUT2D eigenvalue weighted by Crippen LogP contribution is 2.16. The van der Waals surface area contributed by atoms with Crippen LogP contribution in [0.25, 0.3) is 0 Å². The topological polar surface area (TPSA) is 79.2 Å². The van der Waals surface area contributed by atoms with Gasteiger partial charge in [0.25, 0.3) is 5.91 Å². The predicted octanol–water partition coefficient (Wildman–Crippen LogP) is 0.494. The molecule has 1 atom stereocenters. The smallest absolute Gasteiger partial charge is 0.259 e. The molecule has 2 heterocycles. The number of carbonyl (C=O) groups is 1. The number of hydrogen-bond acceptors (Lipinski definition) is 3. The lowest BCUT2D eigenvalue weighted by Crippen LogP contribution is -2.43. The zero-order valence-electron chi connectivity index (χ0n) is 10.6. The number of likely N-dealkylation sites (tertiary alicyclic amines) is 1. The average molecular weight is 249 g/mol. The van der Waals surface area contributed by atoms with Crippen molar-refractivity contribution in [1.29, 1.82) is 0 Å². The third-order valence-corrected chi connectivity index (χ3v) is 3.43. The molecule has 1 aliphatic rings. The number of aryl methyl sites for hydroxylation is 1. The van der Waals surface area contributed by atoms with Crippen LogP contribution >= 0.6 is 0 Å². The fraction of sp³-hybridized carbons (Fsp3) is 0.538. The van der Waals surface area contributed by atoms with Crippen molar-refractivity contribution < 1.29 is 4.79 Å². The van der Waals surface area contributed by atoms with Crippen LogP contribution in [0.1, 0.15) is 28.9 Å². The van der Waals surface area contributed by atoms with Gasteiger partial charge in [-0.05, 0) is 32.2 Å². The highest BCUT2D eigenvalue weighted by Gasteiger charge is 2.24. The van der Waals surface area contributed by atoms with E-state index in [0.29, 0.717) is 25.6 Å². The van der Waals surface area contributed by atoms with E-state index in [1.807, 2.05) is 0 Å².